The molecule has 2 amide bonds. The second kappa shape index (κ2) is 5.93. The van der Waals surface area contributed by atoms with E-state index in [1.54, 1.807) is 37.6 Å². The molecule has 1 aromatic heterocycles. The maximum Gasteiger partial charge on any atom is 0.266 e. The van der Waals surface area contributed by atoms with Crippen LogP contribution in [0.2, 0.25) is 0 Å². The summed E-state index contributed by atoms with van der Waals surface area (Å²) in [5.41, 5.74) is 0.625. The Bertz CT molecular complexity index is 681. The van der Waals surface area contributed by atoms with Crippen LogP contribution >= 0.6 is 0 Å². The van der Waals surface area contributed by atoms with Crippen molar-refractivity contribution in [2.45, 2.75) is 19.1 Å². The number of para-hydroxylation sites is 2. The third-order valence-electron chi connectivity index (χ3n) is 3.47. The third-order valence-corrected chi connectivity index (χ3v) is 3.47. The summed E-state index contributed by atoms with van der Waals surface area (Å²) in [6.07, 6.45) is 0.723. The first kappa shape index (κ1) is 14.2. The summed E-state index contributed by atoms with van der Waals surface area (Å²) in [4.78, 5) is 25.7. The van der Waals surface area contributed by atoms with Crippen molar-refractivity contribution in [2.75, 3.05) is 12.4 Å². The highest BCUT2D eigenvalue weighted by atomic mass is 16.5. The molecule has 6 nitrogen and oxygen atoms in total. The van der Waals surface area contributed by atoms with E-state index in [-0.39, 0.29) is 18.2 Å². The molecule has 1 aromatic carbocycles. The topological polar surface area (TPSA) is 71.8 Å². The lowest BCUT2D eigenvalue weighted by molar-refractivity contribution is -0.136. The molecule has 0 spiro atoms. The molecule has 3 rings (SSSR count). The molecule has 0 saturated carbocycles. The Balaban J connectivity index is 1.63. The van der Waals surface area contributed by atoms with Crippen LogP contribution in [0.5, 0.6) is 5.75 Å². The first-order chi connectivity index (χ1) is 10.6. The first-order valence-electron chi connectivity index (χ1n) is 6.96. The number of nitrogens with one attached hydrogen (secondary N) is 1. The van der Waals surface area contributed by atoms with Gasteiger partial charge >= 0.3 is 0 Å². The fraction of sp³-hybridized carbons (Fsp3) is 0.250. The molecule has 1 atom stereocenters. The average Bonchev–Trinajstić information content (AvgIpc) is 3.00. The number of anilines is 1. The van der Waals surface area contributed by atoms with Gasteiger partial charge in [-0.15, -0.1) is 0 Å². The fourth-order valence-electron chi connectivity index (χ4n) is 2.27. The van der Waals surface area contributed by atoms with Crippen molar-refractivity contribution in [3.05, 3.63) is 48.4 Å². The number of ether oxygens (including phenoxy) is 1. The Morgan fingerprint density at radius 1 is 1.27 bits per heavy atom. The molecule has 6 heteroatoms. The molecule has 114 valence electrons. The quantitative estimate of drug-likeness (QED) is 0.937. The van der Waals surface area contributed by atoms with Crippen LogP contribution < -0.4 is 10.1 Å². The van der Waals surface area contributed by atoms with Gasteiger partial charge in [0.05, 0.1) is 24.9 Å². The fourth-order valence-corrected chi connectivity index (χ4v) is 2.27. The number of carbonyl (C=O) groups is 2. The van der Waals surface area contributed by atoms with E-state index in [9.17, 15) is 9.59 Å². The molecule has 0 bridgehead atoms. The van der Waals surface area contributed by atoms with Crippen LogP contribution in [0.3, 0.4) is 0 Å². The lowest BCUT2D eigenvalue weighted by Crippen LogP contribution is -2.41. The average molecular weight is 300 g/mol. The Labute approximate surface area is 127 Å². The van der Waals surface area contributed by atoms with Crippen molar-refractivity contribution < 1.29 is 18.7 Å². The lowest BCUT2D eigenvalue weighted by atomic mass is 10.1. The highest BCUT2D eigenvalue weighted by Gasteiger charge is 2.30. The molecule has 2 heterocycles. The predicted octanol–water partition coefficient (Wildman–Crippen LogP) is 2.03. The largest absolute Gasteiger partial charge is 0.478 e. The van der Waals surface area contributed by atoms with Crippen molar-refractivity contribution in [1.82, 2.24) is 4.90 Å². The number of furan rings is 1. The molecule has 1 unspecified atom stereocenters. The van der Waals surface area contributed by atoms with Crippen molar-refractivity contribution in [2.24, 2.45) is 0 Å². The minimum absolute atomic E-state index is 0.0165. The number of rotatable bonds is 4. The van der Waals surface area contributed by atoms with Gasteiger partial charge in [0.1, 0.15) is 11.5 Å². The Morgan fingerprint density at radius 3 is 2.86 bits per heavy atom. The summed E-state index contributed by atoms with van der Waals surface area (Å²) in [5.74, 6) is 0.776. The molecule has 22 heavy (non-hydrogen) atoms. The van der Waals surface area contributed by atoms with Crippen molar-refractivity contribution >= 4 is 17.5 Å². The first-order valence-corrected chi connectivity index (χ1v) is 6.96. The standard InChI is InChI=1S/C16H16N2O4/c1-18(10-11-5-4-8-21-11)15(19)9-14-16(20)17-12-6-2-3-7-13(12)22-14/h2-8,14H,9-10H2,1H3,(H,17,20). The van der Waals surface area contributed by atoms with Gasteiger partial charge in [-0.25, -0.2) is 0 Å². The predicted molar refractivity (Wildman–Crippen MR) is 79.3 cm³/mol. The second-order valence-corrected chi connectivity index (χ2v) is 5.13. The monoisotopic (exact) mass is 300 g/mol. The minimum atomic E-state index is -0.818. The van der Waals surface area contributed by atoms with Crippen LogP contribution in [0.4, 0.5) is 5.69 Å². The van der Waals surface area contributed by atoms with Crippen LogP contribution in [-0.4, -0.2) is 29.9 Å². The summed E-state index contributed by atoms with van der Waals surface area (Å²) >= 11 is 0. The SMILES string of the molecule is CN(Cc1ccco1)C(=O)CC1Oc2ccccc2NC1=O. The van der Waals surface area contributed by atoms with Crippen LogP contribution in [0, 0.1) is 0 Å². The lowest BCUT2D eigenvalue weighted by Gasteiger charge is -2.26. The molecule has 1 aliphatic heterocycles. The number of benzene rings is 1. The van der Waals surface area contributed by atoms with Gasteiger partial charge in [-0.2, -0.15) is 0 Å². The zero-order valence-corrected chi connectivity index (χ0v) is 12.1. The number of hydrogen-bond acceptors (Lipinski definition) is 4. The van der Waals surface area contributed by atoms with Gasteiger partial charge in [0.25, 0.3) is 5.91 Å². The van der Waals surface area contributed by atoms with Crippen LogP contribution in [0.15, 0.2) is 47.1 Å². The molecule has 0 fully saturated rings. The van der Waals surface area contributed by atoms with E-state index in [0.717, 1.165) is 0 Å². The maximum atomic E-state index is 12.2. The number of fused-ring (bicyclic) bond motifs is 1. The Morgan fingerprint density at radius 2 is 2.09 bits per heavy atom. The summed E-state index contributed by atoms with van der Waals surface area (Å²) in [6, 6.07) is 10.7. The molecule has 1 aliphatic rings. The highest BCUT2D eigenvalue weighted by Crippen LogP contribution is 2.29. The number of amides is 2. The zero-order valence-electron chi connectivity index (χ0n) is 12.1. The molecular weight excluding hydrogens is 284 g/mol. The van der Waals surface area contributed by atoms with Gasteiger partial charge in [-0.05, 0) is 24.3 Å². The van der Waals surface area contributed by atoms with Crippen LogP contribution in [0.25, 0.3) is 0 Å². The number of nitrogens with zero attached hydrogens (tertiary/aromatic N) is 1. The number of hydrogen-bond donors (Lipinski definition) is 1. The van der Waals surface area contributed by atoms with Gasteiger partial charge in [0.2, 0.25) is 5.91 Å². The van der Waals surface area contributed by atoms with E-state index in [0.29, 0.717) is 23.7 Å². The molecule has 2 aromatic rings. The van der Waals surface area contributed by atoms with Gasteiger partial charge in [0, 0.05) is 7.05 Å². The summed E-state index contributed by atoms with van der Waals surface area (Å²) in [5, 5.41) is 2.75. The Kier molecular flexibility index (Phi) is 3.82. The summed E-state index contributed by atoms with van der Waals surface area (Å²) < 4.78 is 10.8. The van der Waals surface area contributed by atoms with Crippen molar-refractivity contribution in [3.63, 3.8) is 0 Å². The molecule has 1 N–H and O–H groups in total. The second-order valence-electron chi connectivity index (χ2n) is 5.13. The van der Waals surface area contributed by atoms with E-state index in [2.05, 4.69) is 5.32 Å². The minimum Gasteiger partial charge on any atom is -0.478 e. The normalized spacial score (nSPS) is 16.4. The van der Waals surface area contributed by atoms with E-state index in [1.165, 1.54) is 4.90 Å². The van der Waals surface area contributed by atoms with E-state index >= 15 is 0 Å². The van der Waals surface area contributed by atoms with Crippen LogP contribution in [0.1, 0.15) is 12.2 Å². The molecule has 0 radical (unpaired) electrons. The summed E-state index contributed by atoms with van der Waals surface area (Å²) in [7, 11) is 1.67. The van der Waals surface area contributed by atoms with Gasteiger partial charge in [-0.3, -0.25) is 9.59 Å². The zero-order chi connectivity index (χ0) is 15.5. The van der Waals surface area contributed by atoms with Crippen LogP contribution in [-0.2, 0) is 16.1 Å². The van der Waals surface area contributed by atoms with Gasteiger partial charge in [0.15, 0.2) is 6.10 Å². The van der Waals surface area contributed by atoms with E-state index < -0.39 is 6.10 Å². The smallest absolute Gasteiger partial charge is 0.266 e. The van der Waals surface area contributed by atoms with Crippen molar-refractivity contribution in [1.29, 1.82) is 0 Å². The van der Waals surface area contributed by atoms with Gasteiger partial charge < -0.3 is 19.4 Å². The van der Waals surface area contributed by atoms with Crippen molar-refractivity contribution in [3.8, 4) is 5.75 Å². The summed E-state index contributed by atoms with van der Waals surface area (Å²) in [6.45, 7) is 0.358. The van der Waals surface area contributed by atoms with Gasteiger partial charge in [-0.1, -0.05) is 12.1 Å². The third kappa shape index (κ3) is 2.95. The molecule has 0 aliphatic carbocycles. The van der Waals surface area contributed by atoms with E-state index in [1.807, 2.05) is 12.1 Å². The maximum absolute atomic E-state index is 12.2. The molecule has 0 saturated heterocycles. The van der Waals surface area contributed by atoms with E-state index in [4.69, 9.17) is 9.15 Å². The number of carbonyl (C=O) groups excluding carboxylic acids is 2. The molecular formula is C16H16N2O4. The highest BCUT2D eigenvalue weighted by molar-refractivity contribution is 5.99. The Hall–Kier alpha value is -2.76.